The Morgan fingerprint density at radius 1 is 0.950 bits per heavy atom. The summed E-state index contributed by atoms with van der Waals surface area (Å²) in [5.74, 6) is 0.0520. The zero-order valence-corrected chi connectivity index (χ0v) is 23.4. The minimum atomic E-state index is -0.267. The van der Waals surface area contributed by atoms with E-state index in [1.165, 1.54) is 28.3 Å². The SMILES string of the molecule is Cc1ccc(CN2C(=O)C(=Cc3c(N4CCN(c5ccc(F)cc5)CC4)nc4ccccn4c3=O)SC2=S)cc1. The van der Waals surface area contributed by atoms with Crippen LogP contribution in [0.15, 0.2) is 82.6 Å². The Labute approximate surface area is 240 Å². The van der Waals surface area contributed by atoms with Gasteiger partial charge < -0.3 is 9.80 Å². The molecule has 0 N–H and O–H groups in total. The third-order valence-corrected chi connectivity index (χ3v) is 8.51. The van der Waals surface area contributed by atoms with Gasteiger partial charge in [-0.25, -0.2) is 9.37 Å². The number of carbonyl (C=O) groups excluding carboxylic acids is 1. The number of carbonyl (C=O) groups is 1. The summed E-state index contributed by atoms with van der Waals surface area (Å²) in [5, 5.41) is 0. The monoisotopic (exact) mass is 571 g/mol. The number of rotatable bonds is 5. The van der Waals surface area contributed by atoms with Gasteiger partial charge in [0.25, 0.3) is 11.5 Å². The molecule has 2 aromatic carbocycles. The van der Waals surface area contributed by atoms with E-state index in [-0.39, 0.29) is 17.3 Å². The molecule has 0 spiro atoms. The Kier molecular flexibility index (Phi) is 7.12. The molecule has 1 amide bonds. The van der Waals surface area contributed by atoms with Crippen LogP contribution in [-0.4, -0.2) is 50.7 Å². The summed E-state index contributed by atoms with van der Waals surface area (Å²) >= 11 is 6.76. The first-order valence-corrected chi connectivity index (χ1v) is 14.2. The maximum absolute atomic E-state index is 13.7. The molecular weight excluding hydrogens is 545 g/mol. The molecule has 2 fully saturated rings. The summed E-state index contributed by atoms with van der Waals surface area (Å²) in [6.45, 7) is 4.97. The molecule has 2 aliphatic rings. The lowest BCUT2D eigenvalue weighted by atomic mass is 10.1. The summed E-state index contributed by atoms with van der Waals surface area (Å²) in [6, 6.07) is 19.9. The summed E-state index contributed by atoms with van der Waals surface area (Å²) < 4.78 is 15.4. The summed E-state index contributed by atoms with van der Waals surface area (Å²) in [6.07, 6.45) is 3.33. The second kappa shape index (κ2) is 10.9. The van der Waals surface area contributed by atoms with E-state index in [2.05, 4.69) is 9.80 Å². The van der Waals surface area contributed by atoms with Gasteiger partial charge in [0, 0.05) is 38.1 Å². The standard InChI is InChI=1S/C30H26FN5O2S2/c1-20-5-7-21(8-6-20)19-36-29(38)25(40-30(36)39)18-24-27(32-26-4-2-3-13-35(26)28(24)37)34-16-14-33(15-17-34)23-11-9-22(31)10-12-23/h2-13,18H,14-17,19H2,1H3. The Morgan fingerprint density at radius 2 is 1.65 bits per heavy atom. The number of nitrogens with zero attached hydrogens (tertiary/aromatic N) is 5. The van der Waals surface area contributed by atoms with E-state index in [1.807, 2.05) is 37.3 Å². The fraction of sp³-hybridized carbons (Fsp3) is 0.200. The summed E-state index contributed by atoms with van der Waals surface area (Å²) in [7, 11) is 0. The first kappa shape index (κ1) is 26.2. The molecule has 7 nitrogen and oxygen atoms in total. The molecule has 0 atom stereocenters. The highest BCUT2D eigenvalue weighted by Crippen LogP contribution is 2.34. The van der Waals surface area contributed by atoms with Crippen LogP contribution in [0.3, 0.4) is 0 Å². The van der Waals surface area contributed by atoms with E-state index in [0.717, 1.165) is 16.8 Å². The second-order valence-corrected chi connectivity index (χ2v) is 11.5. The van der Waals surface area contributed by atoms with Crippen molar-refractivity contribution in [3.8, 4) is 0 Å². The maximum atomic E-state index is 13.7. The molecule has 0 saturated carbocycles. The van der Waals surface area contributed by atoms with Crippen LogP contribution in [-0.2, 0) is 11.3 Å². The van der Waals surface area contributed by atoms with Crippen LogP contribution in [0.4, 0.5) is 15.9 Å². The Morgan fingerprint density at radius 3 is 2.38 bits per heavy atom. The number of aryl methyl sites for hydroxylation is 1. The van der Waals surface area contributed by atoms with Crippen molar-refractivity contribution in [2.24, 2.45) is 0 Å². The number of fused-ring (bicyclic) bond motifs is 1. The van der Waals surface area contributed by atoms with Gasteiger partial charge in [0.05, 0.1) is 17.0 Å². The van der Waals surface area contributed by atoms with E-state index in [9.17, 15) is 14.0 Å². The Balaban J connectivity index is 1.32. The Bertz CT molecular complexity index is 1690. The molecule has 10 heteroatoms. The lowest BCUT2D eigenvalue weighted by molar-refractivity contribution is -0.122. The van der Waals surface area contributed by atoms with Crippen molar-refractivity contribution in [2.75, 3.05) is 36.0 Å². The normalized spacial score (nSPS) is 16.9. The van der Waals surface area contributed by atoms with E-state index in [1.54, 1.807) is 41.4 Å². The van der Waals surface area contributed by atoms with Crippen molar-refractivity contribution >= 4 is 57.4 Å². The van der Waals surface area contributed by atoms with Crippen LogP contribution in [0.5, 0.6) is 0 Å². The molecule has 2 saturated heterocycles. The number of pyridine rings is 1. The number of hydrogen-bond acceptors (Lipinski definition) is 7. The molecule has 6 rings (SSSR count). The number of thiocarbonyl (C=S) groups is 1. The average molecular weight is 572 g/mol. The van der Waals surface area contributed by atoms with E-state index >= 15 is 0 Å². The number of hydrogen-bond donors (Lipinski definition) is 0. The molecule has 4 heterocycles. The largest absolute Gasteiger partial charge is 0.368 e. The lowest BCUT2D eigenvalue weighted by Crippen LogP contribution is -2.47. The average Bonchev–Trinajstić information content (AvgIpc) is 3.23. The number of benzene rings is 2. The van der Waals surface area contributed by atoms with Gasteiger partial charge >= 0.3 is 0 Å². The van der Waals surface area contributed by atoms with Crippen LogP contribution in [0, 0.1) is 12.7 Å². The van der Waals surface area contributed by atoms with Crippen LogP contribution >= 0.6 is 24.0 Å². The third-order valence-electron chi connectivity index (χ3n) is 7.13. The predicted molar refractivity (Wildman–Crippen MR) is 162 cm³/mol. The van der Waals surface area contributed by atoms with Crippen molar-refractivity contribution in [1.29, 1.82) is 0 Å². The van der Waals surface area contributed by atoms with Gasteiger partial charge in [-0.05, 0) is 55.0 Å². The zero-order chi connectivity index (χ0) is 27.8. The quantitative estimate of drug-likeness (QED) is 0.250. The van der Waals surface area contributed by atoms with Crippen LogP contribution in [0.2, 0.25) is 0 Å². The number of anilines is 2. The molecule has 0 bridgehead atoms. The van der Waals surface area contributed by atoms with Crippen LogP contribution < -0.4 is 15.4 Å². The fourth-order valence-electron chi connectivity index (χ4n) is 4.93. The number of piperazine rings is 1. The summed E-state index contributed by atoms with van der Waals surface area (Å²) in [4.78, 5) is 38.3. The van der Waals surface area contributed by atoms with Gasteiger partial charge in [-0.15, -0.1) is 0 Å². The topological polar surface area (TPSA) is 61.2 Å². The van der Waals surface area contributed by atoms with Gasteiger partial charge in [-0.2, -0.15) is 0 Å². The van der Waals surface area contributed by atoms with Gasteiger partial charge in [-0.3, -0.25) is 18.9 Å². The van der Waals surface area contributed by atoms with Crippen LogP contribution in [0.1, 0.15) is 16.7 Å². The number of thioether (sulfide) groups is 1. The minimum absolute atomic E-state index is 0.222. The highest BCUT2D eigenvalue weighted by atomic mass is 32.2. The van der Waals surface area contributed by atoms with Crippen LogP contribution in [0.25, 0.3) is 11.7 Å². The van der Waals surface area contributed by atoms with E-state index < -0.39 is 0 Å². The zero-order valence-electron chi connectivity index (χ0n) is 21.8. The van der Waals surface area contributed by atoms with Gasteiger partial charge in [0.15, 0.2) is 0 Å². The Hall–Kier alpha value is -4.02. The molecule has 0 radical (unpaired) electrons. The van der Waals surface area contributed by atoms with Gasteiger partial charge in [-0.1, -0.05) is 59.9 Å². The molecule has 202 valence electrons. The lowest BCUT2D eigenvalue weighted by Gasteiger charge is -2.37. The number of amides is 1. The van der Waals surface area contributed by atoms with E-state index in [0.29, 0.717) is 59.0 Å². The highest BCUT2D eigenvalue weighted by molar-refractivity contribution is 8.26. The minimum Gasteiger partial charge on any atom is -0.368 e. The maximum Gasteiger partial charge on any atom is 0.267 e. The smallest absolute Gasteiger partial charge is 0.267 e. The molecule has 0 unspecified atom stereocenters. The highest BCUT2D eigenvalue weighted by Gasteiger charge is 2.33. The molecule has 4 aromatic rings. The molecule has 2 aromatic heterocycles. The number of halogens is 1. The fourth-order valence-corrected chi connectivity index (χ4v) is 6.17. The van der Waals surface area contributed by atoms with Crippen molar-refractivity contribution in [2.45, 2.75) is 13.5 Å². The third kappa shape index (κ3) is 5.12. The van der Waals surface area contributed by atoms with Crippen molar-refractivity contribution < 1.29 is 9.18 Å². The van der Waals surface area contributed by atoms with E-state index in [4.69, 9.17) is 17.2 Å². The van der Waals surface area contributed by atoms with Crippen molar-refractivity contribution in [3.63, 3.8) is 0 Å². The molecule has 40 heavy (non-hydrogen) atoms. The first-order chi connectivity index (χ1) is 19.4. The van der Waals surface area contributed by atoms with Gasteiger partial charge in [0.2, 0.25) is 0 Å². The first-order valence-electron chi connectivity index (χ1n) is 13.0. The molecular formula is C30H26FN5O2S2. The molecule has 0 aliphatic carbocycles. The second-order valence-electron chi connectivity index (χ2n) is 9.79. The molecule has 2 aliphatic heterocycles. The number of aromatic nitrogens is 2. The predicted octanol–water partition coefficient (Wildman–Crippen LogP) is 4.87. The summed E-state index contributed by atoms with van der Waals surface area (Å²) in [5.41, 5.74) is 3.72. The van der Waals surface area contributed by atoms with Crippen molar-refractivity contribution in [1.82, 2.24) is 14.3 Å². The van der Waals surface area contributed by atoms with Gasteiger partial charge in [0.1, 0.15) is 21.6 Å². The van der Waals surface area contributed by atoms with Crippen molar-refractivity contribution in [3.05, 3.63) is 111 Å².